The quantitative estimate of drug-likeness (QED) is 0.0881. The third-order valence-electron chi connectivity index (χ3n) is 8.70. The minimum Gasteiger partial charge on any atom is -0.481 e. The zero-order chi connectivity index (χ0) is 43.9. The maximum absolute atomic E-state index is 13.9. The van der Waals surface area contributed by atoms with E-state index < -0.39 is 71.6 Å². The van der Waals surface area contributed by atoms with Crippen LogP contribution >= 0.6 is 11.8 Å². The first-order valence-corrected chi connectivity index (χ1v) is 19.5. The predicted octanol–water partition coefficient (Wildman–Crippen LogP) is 6.55. The van der Waals surface area contributed by atoms with E-state index in [9.17, 15) is 23.6 Å². The van der Waals surface area contributed by atoms with E-state index in [1.165, 1.54) is 44.9 Å². The molecule has 4 aromatic rings. The average molecular weight is 849 g/mol. The number of aromatic nitrogens is 1. The van der Waals surface area contributed by atoms with Crippen LogP contribution in [0.1, 0.15) is 63.8 Å². The van der Waals surface area contributed by atoms with E-state index in [1.807, 2.05) is 48.5 Å². The first-order chi connectivity index (χ1) is 28.6. The summed E-state index contributed by atoms with van der Waals surface area (Å²) in [6.07, 6.45) is 0.703. The number of aliphatic carboxylic acids is 2. The van der Waals surface area contributed by atoms with Crippen LogP contribution in [0.2, 0.25) is 0 Å². The number of hydrogen-bond acceptors (Lipinski definition) is 13. The zero-order valence-corrected chi connectivity index (χ0v) is 34.2. The van der Waals surface area contributed by atoms with E-state index in [4.69, 9.17) is 43.5 Å². The van der Waals surface area contributed by atoms with Gasteiger partial charge in [0, 0.05) is 64.4 Å². The fourth-order valence-corrected chi connectivity index (χ4v) is 7.64. The van der Waals surface area contributed by atoms with Gasteiger partial charge in [-0.05, 0) is 64.7 Å². The van der Waals surface area contributed by atoms with E-state index in [0.717, 1.165) is 30.5 Å². The number of β-lactam (4-membered cyclic amide) rings is 1. The zero-order valence-electron chi connectivity index (χ0n) is 33.4. The summed E-state index contributed by atoms with van der Waals surface area (Å²) in [6.45, 7) is 4.77. The van der Waals surface area contributed by atoms with Crippen molar-refractivity contribution in [1.29, 1.82) is 0 Å². The van der Waals surface area contributed by atoms with Gasteiger partial charge >= 0.3 is 17.9 Å². The van der Waals surface area contributed by atoms with Crippen LogP contribution in [-0.4, -0.2) is 87.6 Å². The topological polar surface area (TPSA) is 205 Å². The highest BCUT2D eigenvalue weighted by Gasteiger charge is 2.49. The van der Waals surface area contributed by atoms with E-state index in [0.29, 0.717) is 17.0 Å². The van der Waals surface area contributed by atoms with Gasteiger partial charge in [-0.25, -0.2) is 9.18 Å². The Labute approximate surface area is 349 Å². The molecule has 0 aliphatic carbocycles. The van der Waals surface area contributed by atoms with E-state index >= 15 is 0 Å². The number of rotatable bonds is 12. The number of carboxylic acid groups (broad SMARTS) is 2. The molecule has 17 heteroatoms. The number of nitrogens with zero attached hydrogens (tertiary/aromatic N) is 2. The Kier molecular flexibility index (Phi) is 17.1. The van der Waals surface area contributed by atoms with Gasteiger partial charge in [-0.2, -0.15) is 0 Å². The van der Waals surface area contributed by atoms with Crippen molar-refractivity contribution in [2.75, 3.05) is 17.8 Å². The molecule has 3 heterocycles. The maximum atomic E-state index is 13.9. The van der Waals surface area contributed by atoms with Gasteiger partial charge in [0.1, 0.15) is 29.0 Å². The Morgan fingerprint density at radius 3 is 2.05 bits per heavy atom. The minimum absolute atomic E-state index is 0.119. The molecule has 3 aromatic carbocycles. The molecule has 5 unspecified atom stereocenters. The van der Waals surface area contributed by atoms with Crippen molar-refractivity contribution in [2.24, 2.45) is 0 Å². The van der Waals surface area contributed by atoms with Gasteiger partial charge in [-0.1, -0.05) is 42.5 Å². The lowest BCUT2D eigenvalue weighted by Crippen LogP contribution is -2.57. The molecule has 60 heavy (non-hydrogen) atoms. The van der Waals surface area contributed by atoms with Crippen LogP contribution in [0.25, 0.3) is 11.1 Å². The molecule has 1 amide bonds. The fourth-order valence-electron chi connectivity index (χ4n) is 6.28. The maximum Gasteiger partial charge on any atom is 0.335 e. The van der Waals surface area contributed by atoms with Crippen LogP contribution in [0, 0.1) is 5.82 Å². The molecule has 2 aliphatic rings. The Morgan fingerprint density at radius 1 is 0.867 bits per heavy atom. The summed E-state index contributed by atoms with van der Waals surface area (Å²) in [5.74, 6) is -3.06. The summed E-state index contributed by atoms with van der Waals surface area (Å²) in [5.41, 5.74) is 4.04. The first kappa shape index (κ1) is 46.4. The number of benzene rings is 3. The summed E-state index contributed by atoms with van der Waals surface area (Å²) < 4.78 is 41.4. The molecule has 318 valence electrons. The molecule has 0 radical (unpaired) electrons. The molecular weight excluding hydrogens is 804 g/mol. The third-order valence-corrected chi connectivity index (χ3v) is 10.0. The lowest BCUT2D eigenvalue weighted by Gasteiger charge is -2.47. The van der Waals surface area contributed by atoms with Gasteiger partial charge < -0.3 is 38.8 Å². The number of hydrogen-bond donors (Lipinski definition) is 2. The van der Waals surface area contributed by atoms with Gasteiger partial charge in [-0.15, -0.1) is 11.8 Å². The van der Waals surface area contributed by atoms with Crippen LogP contribution in [0.5, 0.6) is 5.75 Å². The number of pyridine rings is 1. The number of carbonyl (C=O) groups is 6. The van der Waals surface area contributed by atoms with Gasteiger partial charge in [0.25, 0.3) is 11.9 Å². The number of ether oxygens (including phenoxy) is 5. The SMILES string of the molecule is CC(=O)O.CC(=O)O.COC(=O)C1CC(OC(C)=O)CC(Oc2ccc(C3[C@@H](SCC(OC(C)=O)c4ccc(F)cc4)C(=O)N3c3ccc(-c4cccnc4)cc3)cc2)O1. The van der Waals surface area contributed by atoms with Gasteiger partial charge in [0.2, 0.25) is 12.2 Å². The van der Waals surface area contributed by atoms with Gasteiger partial charge in [0.15, 0.2) is 6.10 Å². The van der Waals surface area contributed by atoms with Gasteiger partial charge in [0.05, 0.1) is 13.2 Å². The molecule has 0 saturated carbocycles. The largest absolute Gasteiger partial charge is 0.481 e. The molecule has 2 aliphatic heterocycles. The smallest absolute Gasteiger partial charge is 0.335 e. The number of carboxylic acids is 2. The molecular formula is C43H45FN2O13S. The molecule has 2 saturated heterocycles. The van der Waals surface area contributed by atoms with Crippen molar-refractivity contribution >= 4 is 53.2 Å². The number of esters is 3. The number of amides is 1. The second-order valence-electron chi connectivity index (χ2n) is 13.4. The average Bonchev–Trinajstić information content (AvgIpc) is 3.19. The Hall–Kier alpha value is -6.33. The number of anilines is 1. The first-order valence-electron chi connectivity index (χ1n) is 18.5. The van der Waals surface area contributed by atoms with Crippen molar-refractivity contribution in [1.82, 2.24) is 4.98 Å². The van der Waals surface area contributed by atoms with E-state index in [1.54, 1.807) is 41.6 Å². The van der Waals surface area contributed by atoms with Crippen LogP contribution in [-0.2, 0) is 47.7 Å². The molecule has 2 fully saturated rings. The summed E-state index contributed by atoms with van der Waals surface area (Å²) >= 11 is 1.36. The Balaban J connectivity index is 0.000000911. The fraction of sp³-hybridized carbons (Fsp3) is 0.326. The standard InChI is InChI=1S/C39H37FN2O9S.2C2H4O2/c1-23(43)48-32-19-33(39(46)47-3)51-35(20-32)50-31-16-10-27(11-17-31)36-37(52-22-34(49-24(2)44)26-6-12-29(40)13-7-26)38(45)42(36)30-14-8-25(9-15-30)28-5-4-18-41-21-28;2*1-2(3)4/h4-18,21,32-37H,19-20,22H2,1-3H3;2*1H3,(H,3,4)/t32?,33?,34?,35?,36?,37-;;/m1../s1. The van der Waals surface area contributed by atoms with Crippen LogP contribution in [0.4, 0.5) is 10.1 Å². The van der Waals surface area contributed by atoms with Crippen molar-refractivity contribution in [3.63, 3.8) is 0 Å². The minimum atomic E-state index is -0.963. The lowest BCUT2D eigenvalue weighted by atomic mass is 9.92. The predicted molar refractivity (Wildman–Crippen MR) is 216 cm³/mol. The highest BCUT2D eigenvalue weighted by molar-refractivity contribution is 8.00. The van der Waals surface area contributed by atoms with Crippen molar-refractivity contribution in [3.8, 4) is 16.9 Å². The molecule has 6 atom stereocenters. The monoisotopic (exact) mass is 848 g/mol. The van der Waals surface area contributed by atoms with Crippen molar-refractivity contribution in [3.05, 3.63) is 114 Å². The number of carbonyl (C=O) groups excluding carboxylic acids is 4. The molecule has 6 rings (SSSR count). The summed E-state index contributed by atoms with van der Waals surface area (Å²) in [4.78, 5) is 73.7. The highest BCUT2D eigenvalue weighted by Crippen LogP contribution is 2.47. The number of methoxy groups -OCH3 is 1. The number of thioether (sulfide) groups is 1. The van der Waals surface area contributed by atoms with Crippen molar-refractivity contribution < 1.29 is 67.1 Å². The lowest BCUT2D eigenvalue weighted by molar-refractivity contribution is -0.204. The van der Waals surface area contributed by atoms with E-state index in [-0.39, 0.29) is 24.5 Å². The summed E-state index contributed by atoms with van der Waals surface area (Å²) in [5, 5.41) is 14.3. The molecule has 15 nitrogen and oxygen atoms in total. The van der Waals surface area contributed by atoms with Crippen molar-refractivity contribution in [2.45, 2.75) is 76.4 Å². The molecule has 0 spiro atoms. The molecule has 0 bridgehead atoms. The Bertz CT molecular complexity index is 2070. The highest BCUT2D eigenvalue weighted by atomic mass is 32.2. The summed E-state index contributed by atoms with van der Waals surface area (Å²) in [7, 11) is 1.25. The second-order valence-corrected chi connectivity index (χ2v) is 14.5. The van der Waals surface area contributed by atoms with Crippen LogP contribution in [0.3, 0.4) is 0 Å². The molecule has 2 N–H and O–H groups in total. The van der Waals surface area contributed by atoms with Crippen LogP contribution in [0.15, 0.2) is 97.3 Å². The van der Waals surface area contributed by atoms with E-state index in [2.05, 4.69) is 4.98 Å². The Morgan fingerprint density at radius 2 is 1.50 bits per heavy atom. The number of halogens is 1. The second kappa shape index (κ2) is 22.2. The third kappa shape index (κ3) is 13.6. The summed E-state index contributed by atoms with van der Waals surface area (Å²) in [6, 6.07) is 24.0. The molecule has 1 aromatic heterocycles. The van der Waals surface area contributed by atoms with Gasteiger partial charge in [-0.3, -0.25) is 29.0 Å². The normalized spacial score (nSPS) is 19.7. The van der Waals surface area contributed by atoms with Crippen LogP contribution < -0.4 is 9.64 Å².